The van der Waals surface area contributed by atoms with Crippen molar-refractivity contribution in [2.75, 3.05) is 0 Å². The summed E-state index contributed by atoms with van der Waals surface area (Å²) < 4.78 is 0. The van der Waals surface area contributed by atoms with E-state index >= 15 is 0 Å². The summed E-state index contributed by atoms with van der Waals surface area (Å²) in [5, 5.41) is 66.8. The minimum absolute atomic E-state index is 0.0162. The summed E-state index contributed by atoms with van der Waals surface area (Å²) in [6, 6.07) is 14.1. The fraction of sp³-hybridized carbons (Fsp3) is 0.514. The first kappa shape index (κ1) is 71.6. The van der Waals surface area contributed by atoms with Gasteiger partial charge in [-0.2, -0.15) is 0 Å². The van der Waals surface area contributed by atoms with Crippen LogP contribution in [0.15, 0.2) is 53.3 Å². The molecule has 10 heteroatoms. The molecule has 0 radical (unpaired) electrons. The van der Waals surface area contributed by atoms with E-state index in [-0.39, 0.29) is 61.0 Å². The number of phenols is 7. The zero-order valence-electron chi connectivity index (χ0n) is 55.1. The zero-order chi connectivity index (χ0) is 63.1. The molecule has 5 aromatic carbocycles. The normalized spacial score (nSPS) is 11.8. The Balaban J connectivity index is 0.000000480. The molecule has 0 unspecified atom stereocenters. The third kappa shape index (κ3) is 20.0. The Labute approximate surface area is 483 Å². The van der Waals surface area contributed by atoms with Gasteiger partial charge >= 0.3 is 0 Å². The summed E-state index contributed by atoms with van der Waals surface area (Å²) in [7, 11) is 0. The van der Waals surface area contributed by atoms with Crippen molar-refractivity contribution in [3.63, 3.8) is 0 Å². The molecule has 6 rings (SSSR count). The molecule has 0 atom stereocenters. The number of phenolic OH excluding ortho intramolecular Hbond substituents is 7. The number of benzene rings is 5. The van der Waals surface area contributed by atoms with Gasteiger partial charge in [-0.05, 0) is 224 Å². The Bertz CT molecular complexity index is 2990. The number of aromatic nitrogens is 2. The van der Waals surface area contributed by atoms with Crippen molar-refractivity contribution in [3.8, 4) is 40.2 Å². The van der Waals surface area contributed by atoms with Crippen LogP contribution in [0.1, 0.15) is 225 Å². The van der Waals surface area contributed by atoms with Crippen molar-refractivity contribution in [1.82, 2.24) is 9.97 Å². The van der Waals surface area contributed by atoms with E-state index in [1.165, 1.54) is 51.1 Å². The lowest BCUT2D eigenvalue weighted by Crippen LogP contribution is -2.27. The first-order valence-corrected chi connectivity index (χ1v) is 27.8. The lowest BCUT2D eigenvalue weighted by Gasteiger charge is -2.25. The predicted octanol–water partition coefficient (Wildman–Crippen LogP) is 17.6. The van der Waals surface area contributed by atoms with E-state index in [0.717, 1.165) is 55.8 Å². The van der Waals surface area contributed by atoms with E-state index in [2.05, 4.69) is 92.2 Å². The van der Waals surface area contributed by atoms with Crippen LogP contribution in [-0.2, 0) is 32.5 Å². The third-order valence-corrected chi connectivity index (χ3v) is 14.1. The van der Waals surface area contributed by atoms with Gasteiger partial charge in [-0.1, -0.05) is 131 Å². The van der Waals surface area contributed by atoms with Crippen LogP contribution in [0.4, 0.5) is 0 Å². The maximum Gasteiger partial charge on any atom is 0.254 e. The van der Waals surface area contributed by atoms with E-state index < -0.39 is 0 Å². The Hall–Kier alpha value is -6.42. The number of hydrogen-bond donors (Lipinski definition) is 8. The van der Waals surface area contributed by atoms with Crippen molar-refractivity contribution in [3.05, 3.63) is 159 Å². The van der Waals surface area contributed by atoms with E-state index in [9.17, 15) is 40.5 Å². The average Bonchev–Trinajstić information content (AvgIpc) is 3.22. The van der Waals surface area contributed by atoms with Crippen molar-refractivity contribution in [2.24, 2.45) is 0 Å². The van der Waals surface area contributed by atoms with Gasteiger partial charge in [-0.25, -0.2) is 4.98 Å². The largest absolute Gasteiger partial charge is 0.508 e. The molecule has 1 heterocycles. The quantitative estimate of drug-likeness (QED) is 0.0732. The van der Waals surface area contributed by atoms with Gasteiger partial charge in [0.1, 0.15) is 46.1 Å². The van der Waals surface area contributed by atoms with Gasteiger partial charge in [0.25, 0.3) is 5.56 Å². The second kappa shape index (κ2) is 26.9. The molecule has 444 valence electrons. The summed E-state index contributed by atoms with van der Waals surface area (Å²) in [6.45, 7) is 61.5. The summed E-state index contributed by atoms with van der Waals surface area (Å²) >= 11 is 0. The van der Waals surface area contributed by atoms with Crippen LogP contribution in [0.5, 0.6) is 40.2 Å². The summed E-state index contributed by atoms with van der Waals surface area (Å²) in [5.74, 6) is 2.49. The van der Waals surface area contributed by atoms with E-state index in [1.807, 2.05) is 155 Å². The van der Waals surface area contributed by atoms with Gasteiger partial charge in [0.15, 0.2) is 0 Å². The molecule has 0 aliphatic heterocycles. The van der Waals surface area contributed by atoms with Crippen molar-refractivity contribution >= 4 is 0 Å². The SMILES string of the molecule is Cc1c(O)cc(O)c(C(C)(C)C)c1C.Cc1cc(C(C)(C)C)c(C)cc1O.Cc1cc(C(C)(C)C)c(O)cc1O.Cc1cc(O)c(C)c(C)c1C(C)(C)C.Cc1cc(O)cc(C)c1C(C)(C)C.Cc1nc(C)c(C(C)(C)C)c(=O)[nH]1. The number of nitrogens with zero attached hydrogens (tertiary/aromatic N) is 1. The predicted molar refractivity (Wildman–Crippen MR) is 338 cm³/mol. The van der Waals surface area contributed by atoms with Crippen LogP contribution in [-0.4, -0.2) is 45.7 Å². The van der Waals surface area contributed by atoms with Gasteiger partial charge in [-0.3, -0.25) is 4.79 Å². The Morgan fingerprint density at radius 1 is 0.312 bits per heavy atom. The average molecular weight is 1100 g/mol. The molecule has 1 aromatic heterocycles. The maximum atomic E-state index is 11.6. The minimum atomic E-state index is -0.141. The van der Waals surface area contributed by atoms with E-state index in [4.69, 9.17) is 0 Å². The second-order valence-electron chi connectivity index (χ2n) is 28.1. The number of nitrogens with one attached hydrogen (secondary N) is 1. The summed E-state index contributed by atoms with van der Waals surface area (Å²) in [5.41, 5.74) is 17.9. The van der Waals surface area contributed by atoms with Crippen LogP contribution >= 0.6 is 0 Å². The van der Waals surface area contributed by atoms with Crippen molar-refractivity contribution in [1.29, 1.82) is 0 Å². The smallest absolute Gasteiger partial charge is 0.254 e. The molecule has 0 aliphatic carbocycles. The van der Waals surface area contributed by atoms with Gasteiger partial charge < -0.3 is 40.7 Å². The van der Waals surface area contributed by atoms with E-state index in [1.54, 1.807) is 6.92 Å². The Morgan fingerprint density at radius 2 is 0.650 bits per heavy atom. The number of aromatic amines is 1. The molecule has 0 fully saturated rings. The maximum absolute atomic E-state index is 11.6. The van der Waals surface area contributed by atoms with E-state index in [0.29, 0.717) is 23.1 Å². The van der Waals surface area contributed by atoms with Gasteiger partial charge in [0.2, 0.25) is 0 Å². The first-order valence-electron chi connectivity index (χ1n) is 27.8. The molecule has 0 spiro atoms. The molecule has 10 nitrogen and oxygen atoms in total. The fourth-order valence-electron chi connectivity index (χ4n) is 10.7. The molecule has 0 bridgehead atoms. The lowest BCUT2D eigenvalue weighted by molar-refractivity contribution is 0.427. The number of aryl methyl sites for hydroxylation is 8. The first-order chi connectivity index (χ1) is 35.8. The fourth-order valence-corrected chi connectivity index (χ4v) is 10.7. The van der Waals surface area contributed by atoms with Gasteiger partial charge in [0, 0.05) is 29.0 Å². The highest BCUT2D eigenvalue weighted by atomic mass is 16.3. The number of H-pyrrole nitrogens is 1. The molecule has 0 amide bonds. The molecule has 80 heavy (non-hydrogen) atoms. The summed E-state index contributed by atoms with van der Waals surface area (Å²) in [4.78, 5) is 18.6. The van der Waals surface area contributed by atoms with Crippen LogP contribution < -0.4 is 5.56 Å². The number of hydrogen-bond acceptors (Lipinski definition) is 9. The van der Waals surface area contributed by atoms with Crippen LogP contribution in [0.25, 0.3) is 0 Å². The molecule has 0 saturated heterocycles. The molecule has 0 aliphatic rings. The molecular formula is C70H106N2O8. The summed E-state index contributed by atoms with van der Waals surface area (Å²) in [6.07, 6.45) is 0. The third-order valence-electron chi connectivity index (χ3n) is 14.1. The molecule has 8 N–H and O–H groups in total. The Kier molecular flexibility index (Phi) is 24.1. The minimum Gasteiger partial charge on any atom is -0.508 e. The van der Waals surface area contributed by atoms with Crippen LogP contribution in [0.3, 0.4) is 0 Å². The topological polar surface area (TPSA) is 187 Å². The molecule has 0 saturated carbocycles. The standard InChI is InChI=1S/C13H20O.C12H18O2.2C12H18O.C11H16O2.C10H16N2O/c1-8-7-11(14)9(2)10(3)12(8)13(4,5)6;1-7-8(2)11(12(3,4)5)10(14)6-9(7)13;1-8-7-11(13)9(2)6-10(8)12(3,4)5;1-8-6-10(13)7-9(2)11(8)12(3,4)5;1-7-5-8(11(2,3)4)10(13)6-9(7)12;1-6-8(10(3,4)5)9(13)12-7(2)11-6/h7,14H,1-6H3;6,13-14H,1-5H3;2*6-7,13H,1-5H3;5-6,12-13H,1-4H3;1-5H3,(H,11,12,13). The molecule has 6 aromatic rings. The van der Waals surface area contributed by atoms with Crippen LogP contribution in [0, 0.1) is 83.1 Å². The highest BCUT2D eigenvalue weighted by Gasteiger charge is 2.25. The Morgan fingerprint density at radius 3 is 1.04 bits per heavy atom. The van der Waals surface area contributed by atoms with Gasteiger partial charge in [0.05, 0.1) is 0 Å². The zero-order valence-corrected chi connectivity index (χ0v) is 55.1. The lowest BCUT2D eigenvalue weighted by atomic mass is 9.80. The number of rotatable bonds is 0. The van der Waals surface area contributed by atoms with Crippen molar-refractivity contribution < 1.29 is 35.7 Å². The number of aromatic hydroxyl groups is 7. The highest BCUT2D eigenvalue weighted by molar-refractivity contribution is 5.54. The van der Waals surface area contributed by atoms with Crippen molar-refractivity contribution in [2.45, 2.75) is 240 Å². The highest BCUT2D eigenvalue weighted by Crippen LogP contribution is 2.40. The van der Waals surface area contributed by atoms with Crippen LogP contribution in [0.2, 0.25) is 0 Å². The van der Waals surface area contributed by atoms with Gasteiger partial charge in [-0.15, -0.1) is 0 Å². The second-order valence-corrected chi connectivity index (χ2v) is 28.1. The monoisotopic (exact) mass is 1100 g/mol. The molecular weight excluding hydrogens is 997 g/mol.